The van der Waals surface area contributed by atoms with Crippen LogP contribution in [0, 0.1) is 6.92 Å². The van der Waals surface area contributed by atoms with Crippen LogP contribution in [0.3, 0.4) is 0 Å². The third-order valence-electron chi connectivity index (χ3n) is 5.48. The van der Waals surface area contributed by atoms with E-state index in [2.05, 4.69) is 36.8 Å². The molecule has 0 unspecified atom stereocenters. The van der Waals surface area contributed by atoms with Gasteiger partial charge < -0.3 is 9.73 Å². The van der Waals surface area contributed by atoms with E-state index in [1.54, 1.807) is 12.3 Å². The van der Waals surface area contributed by atoms with Crippen LogP contribution in [0.4, 0.5) is 0 Å². The minimum absolute atomic E-state index is 0.160. The molecule has 2 N–H and O–H groups in total. The fourth-order valence-electron chi connectivity index (χ4n) is 4.04. The molecule has 2 heterocycles. The van der Waals surface area contributed by atoms with Gasteiger partial charge in [0.2, 0.25) is 0 Å². The summed E-state index contributed by atoms with van der Waals surface area (Å²) < 4.78 is 6.65. The molecule has 7 nitrogen and oxygen atoms in total. The van der Waals surface area contributed by atoms with Gasteiger partial charge in [-0.25, -0.2) is 5.43 Å². The number of furan rings is 1. The second kappa shape index (κ2) is 8.49. The zero-order valence-electron chi connectivity index (χ0n) is 16.3. The van der Waals surface area contributed by atoms with E-state index < -0.39 is 0 Å². The summed E-state index contributed by atoms with van der Waals surface area (Å²) in [6.45, 7) is 1.88. The Morgan fingerprint density at radius 3 is 2.72 bits per heavy atom. The van der Waals surface area contributed by atoms with E-state index in [1.807, 2.05) is 6.92 Å². The van der Waals surface area contributed by atoms with E-state index in [-0.39, 0.29) is 17.9 Å². The van der Waals surface area contributed by atoms with Gasteiger partial charge in [0.15, 0.2) is 5.76 Å². The van der Waals surface area contributed by atoms with Gasteiger partial charge in [0, 0.05) is 40.5 Å². The predicted molar refractivity (Wildman–Crippen MR) is 112 cm³/mol. The first-order chi connectivity index (χ1) is 14.0. The molecule has 0 bridgehead atoms. The molecule has 0 spiro atoms. The van der Waals surface area contributed by atoms with Gasteiger partial charge >= 0.3 is 0 Å². The zero-order chi connectivity index (χ0) is 20.4. The normalized spacial score (nSPS) is 17.9. The molecule has 29 heavy (non-hydrogen) atoms. The summed E-state index contributed by atoms with van der Waals surface area (Å²) >= 11 is 3.31. The fraction of sp³-hybridized carbons (Fsp3) is 0.429. The van der Waals surface area contributed by atoms with Gasteiger partial charge in [-0.15, -0.1) is 0 Å². The molecule has 1 saturated carbocycles. The van der Waals surface area contributed by atoms with Crippen LogP contribution in [0.1, 0.15) is 76.3 Å². The highest BCUT2D eigenvalue weighted by molar-refractivity contribution is 9.10. The third kappa shape index (κ3) is 4.27. The van der Waals surface area contributed by atoms with Crippen molar-refractivity contribution in [1.82, 2.24) is 15.7 Å². The van der Waals surface area contributed by atoms with E-state index in [1.165, 1.54) is 6.20 Å². The number of nitrogens with zero attached hydrogens (tertiary/aromatic N) is 2. The molecule has 0 aliphatic heterocycles. The summed E-state index contributed by atoms with van der Waals surface area (Å²) in [5.74, 6) is 0.632. The van der Waals surface area contributed by atoms with Crippen molar-refractivity contribution in [2.45, 2.75) is 57.9 Å². The SMILES string of the molecule is Cc1c(C(=O)NC2CCCC2)oc2c1/C(=N/NC(=O)c1cncc(Br)c1)CCC2. The largest absolute Gasteiger partial charge is 0.455 e. The Morgan fingerprint density at radius 2 is 1.97 bits per heavy atom. The number of carbonyl (C=O) groups excluding carboxylic acids is 2. The number of aryl methyl sites for hydroxylation is 1. The highest BCUT2D eigenvalue weighted by Crippen LogP contribution is 2.30. The minimum atomic E-state index is -0.334. The summed E-state index contributed by atoms with van der Waals surface area (Å²) in [6, 6.07) is 1.92. The molecule has 2 aliphatic rings. The van der Waals surface area contributed by atoms with Crippen molar-refractivity contribution < 1.29 is 14.0 Å². The first-order valence-electron chi connectivity index (χ1n) is 9.94. The van der Waals surface area contributed by atoms with Crippen LogP contribution in [0.5, 0.6) is 0 Å². The van der Waals surface area contributed by atoms with Gasteiger partial charge in [0.1, 0.15) is 5.76 Å². The van der Waals surface area contributed by atoms with Crippen molar-refractivity contribution in [3.05, 3.63) is 51.1 Å². The van der Waals surface area contributed by atoms with Crippen LogP contribution in [0.15, 0.2) is 32.5 Å². The van der Waals surface area contributed by atoms with E-state index in [9.17, 15) is 9.59 Å². The highest BCUT2D eigenvalue weighted by atomic mass is 79.9. The number of pyridine rings is 1. The topological polar surface area (TPSA) is 96.6 Å². The van der Waals surface area contributed by atoms with E-state index in [0.29, 0.717) is 17.7 Å². The van der Waals surface area contributed by atoms with Crippen molar-refractivity contribution in [2.24, 2.45) is 5.10 Å². The van der Waals surface area contributed by atoms with Crippen LogP contribution in [-0.2, 0) is 6.42 Å². The van der Waals surface area contributed by atoms with Crippen molar-refractivity contribution >= 4 is 33.5 Å². The number of hydrogen-bond acceptors (Lipinski definition) is 5. The third-order valence-corrected chi connectivity index (χ3v) is 5.92. The Kier molecular flexibility index (Phi) is 5.80. The Balaban J connectivity index is 1.54. The molecule has 152 valence electrons. The quantitative estimate of drug-likeness (QED) is 0.679. The highest BCUT2D eigenvalue weighted by Gasteiger charge is 2.29. The van der Waals surface area contributed by atoms with Gasteiger partial charge in [-0.05, 0) is 54.6 Å². The number of nitrogens with one attached hydrogen (secondary N) is 2. The Morgan fingerprint density at radius 1 is 1.17 bits per heavy atom. The fourth-order valence-corrected chi connectivity index (χ4v) is 4.40. The molecule has 2 amide bonds. The lowest BCUT2D eigenvalue weighted by molar-refractivity contribution is 0.0906. The predicted octanol–water partition coefficient (Wildman–Crippen LogP) is 3.89. The summed E-state index contributed by atoms with van der Waals surface area (Å²) in [4.78, 5) is 29.1. The smallest absolute Gasteiger partial charge is 0.287 e. The number of fused-ring (bicyclic) bond motifs is 1. The lowest BCUT2D eigenvalue weighted by atomic mass is 9.93. The molecule has 2 aromatic heterocycles. The molecular weight excluding hydrogens is 436 g/mol. The van der Waals surface area contributed by atoms with Crippen LogP contribution >= 0.6 is 15.9 Å². The first-order valence-corrected chi connectivity index (χ1v) is 10.7. The van der Waals surface area contributed by atoms with Crippen molar-refractivity contribution in [3.8, 4) is 0 Å². The number of amides is 2. The average Bonchev–Trinajstić information content (AvgIpc) is 3.34. The Hall–Kier alpha value is -2.48. The number of rotatable bonds is 4. The average molecular weight is 459 g/mol. The Labute approximate surface area is 177 Å². The summed E-state index contributed by atoms with van der Waals surface area (Å²) in [5, 5.41) is 7.43. The van der Waals surface area contributed by atoms with Gasteiger partial charge in [-0.3, -0.25) is 14.6 Å². The molecule has 8 heteroatoms. The maximum Gasteiger partial charge on any atom is 0.287 e. The number of carbonyl (C=O) groups is 2. The van der Waals surface area contributed by atoms with Crippen LogP contribution in [0.2, 0.25) is 0 Å². The van der Waals surface area contributed by atoms with Crippen LogP contribution in [0.25, 0.3) is 0 Å². The molecule has 0 atom stereocenters. The van der Waals surface area contributed by atoms with E-state index in [0.717, 1.165) is 65.6 Å². The molecule has 0 radical (unpaired) electrons. The van der Waals surface area contributed by atoms with E-state index >= 15 is 0 Å². The van der Waals surface area contributed by atoms with Gasteiger partial charge in [0.25, 0.3) is 11.8 Å². The second-order valence-corrected chi connectivity index (χ2v) is 8.47. The molecule has 0 saturated heterocycles. The maximum atomic E-state index is 12.7. The molecule has 4 rings (SSSR count). The number of halogens is 1. The molecular formula is C21H23BrN4O3. The van der Waals surface area contributed by atoms with Gasteiger partial charge in [0.05, 0.1) is 11.3 Å². The number of hydrazone groups is 1. The van der Waals surface area contributed by atoms with Crippen molar-refractivity contribution in [1.29, 1.82) is 0 Å². The zero-order valence-corrected chi connectivity index (χ0v) is 17.8. The van der Waals surface area contributed by atoms with E-state index in [4.69, 9.17) is 4.42 Å². The molecule has 2 aliphatic carbocycles. The summed E-state index contributed by atoms with van der Waals surface area (Å²) in [6.07, 6.45) is 9.79. The Bertz CT molecular complexity index is 976. The van der Waals surface area contributed by atoms with Crippen molar-refractivity contribution in [3.63, 3.8) is 0 Å². The number of aromatic nitrogens is 1. The lowest BCUT2D eigenvalue weighted by Gasteiger charge is -2.13. The standard InChI is InChI=1S/C21H23BrN4O3/c1-12-18-16(25-26-20(27)13-9-14(22)11-23-10-13)7-4-8-17(18)29-19(12)21(28)24-15-5-2-3-6-15/h9-11,15H,2-8H2,1H3,(H,24,28)(H,26,27)/b25-16+. The first kappa shape index (κ1) is 19.8. The van der Waals surface area contributed by atoms with Crippen LogP contribution < -0.4 is 10.7 Å². The van der Waals surface area contributed by atoms with Gasteiger partial charge in [-0.2, -0.15) is 5.10 Å². The minimum Gasteiger partial charge on any atom is -0.455 e. The summed E-state index contributed by atoms with van der Waals surface area (Å²) in [5.41, 5.74) is 5.40. The maximum absolute atomic E-state index is 12.7. The van der Waals surface area contributed by atoms with Crippen LogP contribution in [-0.4, -0.2) is 28.6 Å². The molecule has 0 aromatic carbocycles. The number of hydrogen-bond donors (Lipinski definition) is 2. The monoisotopic (exact) mass is 458 g/mol. The second-order valence-electron chi connectivity index (χ2n) is 7.55. The van der Waals surface area contributed by atoms with Crippen molar-refractivity contribution in [2.75, 3.05) is 0 Å². The molecule has 1 fully saturated rings. The molecule has 2 aromatic rings. The lowest BCUT2D eigenvalue weighted by Crippen LogP contribution is -2.32. The van der Waals surface area contributed by atoms with Gasteiger partial charge in [-0.1, -0.05) is 12.8 Å². The summed E-state index contributed by atoms with van der Waals surface area (Å²) in [7, 11) is 0.